The van der Waals surface area contributed by atoms with Gasteiger partial charge in [-0.15, -0.1) is 0 Å². The number of piperidine rings is 1. The minimum absolute atomic E-state index is 0.0410. The summed E-state index contributed by atoms with van der Waals surface area (Å²) in [5.41, 5.74) is 0.536. The van der Waals surface area contributed by atoms with Crippen LogP contribution in [-0.4, -0.2) is 48.4 Å². The van der Waals surface area contributed by atoms with E-state index in [2.05, 4.69) is 0 Å². The highest BCUT2D eigenvalue weighted by Crippen LogP contribution is 2.32. The van der Waals surface area contributed by atoms with Gasteiger partial charge < -0.3 is 4.90 Å². The topological polar surface area (TPSA) is 57.7 Å². The molecule has 3 rings (SSSR count). The Bertz CT molecular complexity index is 726. The molecular formula is C18H25FN2O3S. The lowest BCUT2D eigenvalue weighted by molar-refractivity contribution is -0.138. The molecule has 1 heterocycles. The third-order valence-corrected chi connectivity index (χ3v) is 7.01. The third kappa shape index (κ3) is 4.20. The van der Waals surface area contributed by atoms with E-state index >= 15 is 0 Å². The van der Waals surface area contributed by atoms with Crippen molar-refractivity contribution in [2.45, 2.75) is 45.2 Å². The van der Waals surface area contributed by atoms with Crippen LogP contribution in [0.25, 0.3) is 0 Å². The average molecular weight is 368 g/mol. The van der Waals surface area contributed by atoms with Crippen LogP contribution in [-0.2, 0) is 21.4 Å². The molecule has 1 aromatic rings. The minimum Gasteiger partial charge on any atom is -0.335 e. The predicted octanol–water partition coefficient (Wildman–Crippen LogP) is 2.38. The molecule has 7 heteroatoms. The fourth-order valence-corrected chi connectivity index (χ4v) is 4.51. The van der Waals surface area contributed by atoms with Crippen molar-refractivity contribution in [3.8, 4) is 0 Å². The molecule has 2 aliphatic rings. The van der Waals surface area contributed by atoms with Crippen LogP contribution in [0.5, 0.6) is 0 Å². The lowest BCUT2D eigenvalue weighted by Crippen LogP contribution is -2.45. The first kappa shape index (κ1) is 18.3. The largest absolute Gasteiger partial charge is 0.335 e. The number of halogens is 1. The average Bonchev–Trinajstić information content (AvgIpc) is 3.45. The van der Waals surface area contributed by atoms with E-state index in [0.29, 0.717) is 38.0 Å². The molecule has 0 atom stereocenters. The van der Waals surface area contributed by atoms with Gasteiger partial charge in [0.15, 0.2) is 0 Å². The molecule has 0 spiro atoms. The summed E-state index contributed by atoms with van der Waals surface area (Å²) in [6.45, 7) is 2.72. The molecule has 0 N–H and O–H groups in total. The molecule has 1 aliphatic carbocycles. The predicted molar refractivity (Wildman–Crippen MR) is 93.7 cm³/mol. The van der Waals surface area contributed by atoms with Crippen molar-refractivity contribution in [2.75, 3.05) is 18.8 Å². The highest BCUT2D eigenvalue weighted by Gasteiger charge is 2.38. The maximum Gasteiger partial charge on any atom is 0.226 e. The number of nitrogens with zero attached hydrogens (tertiary/aromatic N) is 2. The van der Waals surface area contributed by atoms with E-state index in [0.717, 1.165) is 12.8 Å². The number of benzene rings is 1. The van der Waals surface area contributed by atoms with Crippen molar-refractivity contribution in [3.05, 3.63) is 35.6 Å². The Morgan fingerprint density at radius 2 is 1.84 bits per heavy atom. The normalized spacial score (nSPS) is 19.8. The Kier molecular flexibility index (Phi) is 5.43. The lowest BCUT2D eigenvalue weighted by Gasteiger charge is -2.33. The van der Waals surface area contributed by atoms with E-state index in [4.69, 9.17) is 0 Å². The summed E-state index contributed by atoms with van der Waals surface area (Å²) < 4.78 is 39.3. The molecular weight excluding hydrogens is 343 g/mol. The SMILES string of the molecule is CCS(=O)(=O)N1CCC(C(=O)N(Cc2ccccc2F)C2CC2)CC1. The van der Waals surface area contributed by atoms with Crippen molar-refractivity contribution in [1.82, 2.24) is 9.21 Å². The van der Waals surface area contributed by atoms with E-state index in [1.807, 2.05) is 0 Å². The third-order valence-electron chi connectivity index (χ3n) is 5.13. The standard InChI is InChI=1S/C18H25FN2O3S/c1-2-25(23,24)20-11-9-14(10-12-20)18(22)21(16-7-8-16)13-15-5-3-4-6-17(15)19/h3-6,14,16H,2,7-13H2,1H3. The van der Waals surface area contributed by atoms with Crippen LogP contribution >= 0.6 is 0 Å². The second-order valence-electron chi connectivity index (χ2n) is 6.86. The van der Waals surface area contributed by atoms with Crippen molar-refractivity contribution in [2.24, 2.45) is 5.92 Å². The van der Waals surface area contributed by atoms with Gasteiger partial charge in [-0.25, -0.2) is 17.1 Å². The van der Waals surface area contributed by atoms with E-state index in [9.17, 15) is 17.6 Å². The molecule has 1 aromatic carbocycles. The Balaban J connectivity index is 1.65. The number of hydrogen-bond acceptors (Lipinski definition) is 3. The Morgan fingerprint density at radius 1 is 1.20 bits per heavy atom. The zero-order valence-corrected chi connectivity index (χ0v) is 15.3. The maximum absolute atomic E-state index is 13.9. The molecule has 5 nitrogen and oxygen atoms in total. The van der Waals surface area contributed by atoms with Gasteiger partial charge in [-0.3, -0.25) is 4.79 Å². The second-order valence-corrected chi connectivity index (χ2v) is 9.12. The lowest BCUT2D eigenvalue weighted by atomic mass is 9.96. The van der Waals surface area contributed by atoms with Gasteiger partial charge in [0.25, 0.3) is 0 Å². The smallest absolute Gasteiger partial charge is 0.226 e. The number of hydrogen-bond donors (Lipinski definition) is 0. The Labute approximate surface area is 148 Å². The van der Waals surface area contributed by atoms with Gasteiger partial charge in [0.2, 0.25) is 15.9 Å². The first-order valence-electron chi connectivity index (χ1n) is 8.94. The summed E-state index contributed by atoms with van der Waals surface area (Å²) in [5, 5.41) is 0. The van der Waals surface area contributed by atoms with Crippen LogP contribution in [0.1, 0.15) is 38.2 Å². The van der Waals surface area contributed by atoms with Gasteiger partial charge in [0.1, 0.15) is 5.82 Å². The van der Waals surface area contributed by atoms with Crippen LogP contribution in [0.3, 0.4) is 0 Å². The maximum atomic E-state index is 13.9. The highest BCUT2D eigenvalue weighted by molar-refractivity contribution is 7.89. The number of amides is 1. The van der Waals surface area contributed by atoms with Crippen LogP contribution in [0.4, 0.5) is 4.39 Å². The highest BCUT2D eigenvalue weighted by atomic mass is 32.2. The van der Waals surface area contributed by atoms with Crippen LogP contribution in [0.15, 0.2) is 24.3 Å². The van der Waals surface area contributed by atoms with E-state index < -0.39 is 10.0 Å². The van der Waals surface area contributed by atoms with E-state index in [1.54, 1.807) is 30.0 Å². The Morgan fingerprint density at radius 3 is 2.40 bits per heavy atom. The van der Waals surface area contributed by atoms with Gasteiger partial charge in [-0.1, -0.05) is 18.2 Å². The molecule has 0 unspecified atom stereocenters. The molecule has 25 heavy (non-hydrogen) atoms. The zero-order chi connectivity index (χ0) is 18.0. The van der Waals surface area contributed by atoms with Crippen LogP contribution < -0.4 is 0 Å². The fourth-order valence-electron chi connectivity index (χ4n) is 3.38. The van der Waals surface area contributed by atoms with Gasteiger partial charge >= 0.3 is 0 Å². The molecule has 138 valence electrons. The van der Waals surface area contributed by atoms with Crippen molar-refractivity contribution in [1.29, 1.82) is 0 Å². The minimum atomic E-state index is -3.19. The summed E-state index contributed by atoms with van der Waals surface area (Å²) in [7, 11) is -3.19. The summed E-state index contributed by atoms with van der Waals surface area (Å²) in [6.07, 6.45) is 3.00. The molecule has 0 aromatic heterocycles. The number of carbonyl (C=O) groups is 1. The first-order chi connectivity index (χ1) is 11.9. The Hall–Kier alpha value is -1.47. The molecule has 0 radical (unpaired) electrons. The van der Waals surface area contributed by atoms with Crippen molar-refractivity contribution >= 4 is 15.9 Å². The van der Waals surface area contributed by atoms with Gasteiger partial charge in [0.05, 0.1) is 5.75 Å². The summed E-state index contributed by atoms with van der Waals surface area (Å²) >= 11 is 0. The quantitative estimate of drug-likeness (QED) is 0.775. The molecule has 0 bridgehead atoms. The number of rotatable bonds is 6. The molecule has 2 fully saturated rings. The van der Waals surface area contributed by atoms with Crippen molar-refractivity contribution in [3.63, 3.8) is 0 Å². The second kappa shape index (κ2) is 7.41. The van der Waals surface area contributed by atoms with Crippen LogP contribution in [0.2, 0.25) is 0 Å². The van der Waals surface area contributed by atoms with Gasteiger partial charge in [0, 0.05) is 37.2 Å². The molecule has 1 saturated carbocycles. The summed E-state index contributed by atoms with van der Waals surface area (Å²) in [5.74, 6) is -0.326. The molecule has 1 saturated heterocycles. The van der Waals surface area contributed by atoms with Gasteiger partial charge in [-0.05, 0) is 38.7 Å². The first-order valence-corrected chi connectivity index (χ1v) is 10.5. The van der Waals surface area contributed by atoms with Crippen LogP contribution in [0, 0.1) is 11.7 Å². The van der Waals surface area contributed by atoms with E-state index in [-0.39, 0.29) is 29.4 Å². The fraction of sp³-hybridized carbons (Fsp3) is 0.611. The molecule has 1 aliphatic heterocycles. The summed E-state index contributed by atoms with van der Waals surface area (Å²) in [6, 6.07) is 6.76. The number of sulfonamides is 1. The van der Waals surface area contributed by atoms with Crippen molar-refractivity contribution < 1.29 is 17.6 Å². The number of carbonyl (C=O) groups excluding carboxylic acids is 1. The monoisotopic (exact) mass is 368 g/mol. The van der Waals surface area contributed by atoms with Gasteiger partial charge in [-0.2, -0.15) is 0 Å². The zero-order valence-electron chi connectivity index (χ0n) is 14.5. The molecule has 1 amide bonds. The summed E-state index contributed by atoms with van der Waals surface area (Å²) in [4.78, 5) is 14.8. The van der Waals surface area contributed by atoms with E-state index in [1.165, 1.54) is 10.4 Å².